The lowest BCUT2D eigenvalue weighted by atomic mass is 10.1. The summed E-state index contributed by atoms with van der Waals surface area (Å²) in [5.74, 6) is -1.97. The first kappa shape index (κ1) is 22.1. The van der Waals surface area contributed by atoms with Crippen molar-refractivity contribution in [1.29, 1.82) is 0 Å². The Bertz CT molecular complexity index is 1590. The Kier molecular flexibility index (Phi) is 5.47. The van der Waals surface area contributed by atoms with E-state index in [-0.39, 0.29) is 11.1 Å². The van der Waals surface area contributed by atoms with Crippen LogP contribution in [0.5, 0.6) is 0 Å². The Balaban J connectivity index is 1.41. The smallest absolute Gasteiger partial charge is 0.132 e. The topological polar surface area (TPSA) is 25.8 Å². The van der Waals surface area contributed by atoms with Crippen molar-refractivity contribution in [1.82, 2.24) is 8.75 Å². The van der Waals surface area contributed by atoms with Crippen molar-refractivity contribution >= 4 is 45.4 Å². The van der Waals surface area contributed by atoms with Crippen LogP contribution in [-0.2, 0) is 0 Å². The molecule has 35 heavy (non-hydrogen) atoms. The molecule has 0 N–H and O–H groups in total. The fourth-order valence-electron chi connectivity index (χ4n) is 3.89. The molecule has 0 fully saturated rings. The molecular formula is C26H12F4N2S3. The van der Waals surface area contributed by atoms with Crippen molar-refractivity contribution in [2.24, 2.45) is 0 Å². The molecule has 0 amide bonds. The van der Waals surface area contributed by atoms with E-state index in [2.05, 4.69) is 8.75 Å². The number of rotatable bonds is 4. The van der Waals surface area contributed by atoms with Gasteiger partial charge in [0.05, 0.1) is 11.7 Å². The number of thiophene rings is 2. The van der Waals surface area contributed by atoms with Gasteiger partial charge in [-0.25, -0.2) is 17.6 Å². The van der Waals surface area contributed by atoms with Gasteiger partial charge in [-0.3, -0.25) is 0 Å². The summed E-state index contributed by atoms with van der Waals surface area (Å²) < 4.78 is 64.8. The lowest BCUT2D eigenvalue weighted by molar-refractivity contribution is 0.603. The Labute approximate surface area is 209 Å². The van der Waals surface area contributed by atoms with E-state index in [1.807, 2.05) is 24.3 Å². The van der Waals surface area contributed by atoms with Crippen LogP contribution in [0.2, 0.25) is 0 Å². The second kappa shape index (κ2) is 8.67. The van der Waals surface area contributed by atoms with Crippen LogP contribution in [0.15, 0.2) is 72.8 Å². The van der Waals surface area contributed by atoms with Crippen molar-refractivity contribution in [3.8, 4) is 41.8 Å². The number of nitrogens with zero attached hydrogens (tertiary/aromatic N) is 2. The molecule has 172 valence electrons. The van der Waals surface area contributed by atoms with Crippen LogP contribution in [-0.4, -0.2) is 8.75 Å². The molecule has 0 atom stereocenters. The van der Waals surface area contributed by atoms with Gasteiger partial charge in [-0.1, -0.05) is 12.1 Å². The molecule has 2 nitrogen and oxygen atoms in total. The van der Waals surface area contributed by atoms with Crippen LogP contribution in [0.3, 0.4) is 0 Å². The number of hydrogen-bond donors (Lipinski definition) is 0. The number of hydrogen-bond acceptors (Lipinski definition) is 5. The first-order chi connectivity index (χ1) is 17.0. The van der Waals surface area contributed by atoms with Gasteiger partial charge in [0.2, 0.25) is 0 Å². The number of benzene rings is 3. The minimum Gasteiger partial charge on any atom is -0.207 e. The summed E-state index contributed by atoms with van der Waals surface area (Å²) >= 11 is 3.76. The highest BCUT2D eigenvalue weighted by molar-refractivity contribution is 7.19. The highest BCUT2D eigenvalue weighted by atomic mass is 32.1. The minimum absolute atomic E-state index is 0.209. The lowest BCUT2D eigenvalue weighted by Crippen LogP contribution is -1.83. The van der Waals surface area contributed by atoms with Crippen LogP contribution < -0.4 is 0 Å². The molecule has 6 rings (SSSR count). The van der Waals surface area contributed by atoms with E-state index in [0.717, 1.165) is 56.9 Å². The van der Waals surface area contributed by atoms with Gasteiger partial charge in [-0.2, -0.15) is 8.75 Å². The van der Waals surface area contributed by atoms with Crippen LogP contribution in [0.1, 0.15) is 0 Å². The molecule has 3 aromatic carbocycles. The van der Waals surface area contributed by atoms with Crippen molar-refractivity contribution in [3.05, 3.63) is 96.1 Å². The highest BCUT2D eigenvalue weighted by Crippen LogP contribution is 2.43. The fourth-order valence-corrected chi connectivity index (χ4v) is 6.57. The molecule has 3 aromatic heterocycles. The fraction of sp³-hybridized carbons (Fsp3) is 0. The zero-order valence-electron chi connectivity index (χ0n) is 17.6. The Morgan fingerprint density at radius 2 is 0.857 bits per heavy atom. The predicted molar refractivity (Wildman–Crippen MR) is 135 cm³/mol. The lowest BCUT2D eigenvalue weighted by Gasteiger charge is -2.04. The molecule has 9 heteroatoms. The third kappa shape index (κ3) is 3.95. The molecule has 0 saturated heterocycles. The number of fused-ring (bicyclic) bond motifs is 1. The molecule has 0 aliphatic heterocycles. The molecular weight excluding hydrogens is 512 g/mol. The van der Waals surface area contributed by atoms with Gasteiger partial charge < -0.3 is 0 Å². The summed E-state index contributed by atoms with van der Waals surface area (Å²) in [6.45, 7) is 0. The van der Waals surface area contributed by atoms with Gasteiger partial charge in [0.15, 0.2) is 0 Å². The van der Waals surface area contributed by atoms with Crippen molar-refractivity contribution < 1.29 is 17.6 Å². The van der Waals surface area contributed by atoms with E-state index in [4.69, 9.17) is 0 Å². The minimum atomic E-state index is -0.500. The first-order valence-corrected chi connectivity index (χ1v) is 12.7. The Hall–Kier alpha value is -3.40. The highest BCUT2D eigenvalue weighted by Gasteiger charge is 2.18. The summed E-state index contributed by atoms with van der Waals surface area (Å²) in [6.07, 6.45) is 0. The van der Waals surface area contributed by atoms with Crippen LogP contribution in [0.25, 0.3) is 52.8 Å². The zero-order chi connectivity index (χ0) is 24.1. The van der Waals surface area contributed by atoms with E-state index in [0.29, 0.717) is 20.8 Å². The molecule has 0 bridgehead atoms. The maximum atomic E-state index is 14.3. The summed E-state index contributed by atoms with van der Waals surface area (Å²) in [7, 11) is 0. The largest absolute Gasteiger partial charge is 0.207 e. The Morgan fingerprint density at radius 3 is 1.29 bits per heavy atom. The monoisotopic (exact) mass is 524 g/mol. The zero-order valence-corrected chi connectivity index (χ0v) is 20.0. The maximum absolute atomic E-state index is 14.3. The summed E-state index contributed by atoms with van der Waals surface area (Å²) in [4.78, 5) is 2.91. The molecule has 0 spiro atoms. The van der Waals surface area contributed by atoms with Crippen LogP contribution >= 0.6 is 34.4 Å². The molecule has 0 aliphatic carbocycles. The van der Waals surface area contributed by atoms with Crippen LogP contribution in [0.4, 0.5) is 17.6 Å². The van der Waals surface area contributed by atoms with Crippen LogP contribution in [0, 0.1) is 23.3 Å². The second-order valence-corrected chi connectivity index (χ2v) is 10.4. The predicted octanol–water partition coefficient (Wildman–Crippen LogP) is 9.04. The third-order valence-corrected chi connectivity index (χ3v) is 8.38. The number of aromatic nitrogens is 2. The standard InChI is InChI=1S/C26H12F4N2S3/c27-13-1-5-19(29)17(11-13)23-9-7-21(33-23)15-3-4-16(26-25(15)31-35-32-26)22-8-10-24(34-22)18-12-14(28)2-6-20(18)30/h1-12H. The summed E-state index contributed by atoms with van der Waals surface area (Å²) in [5.41, 5.74) is 3.46. The summed E-state index contributed by atoms with van der Waals surface area (Å²) in [6, 6.07) is 17.9. The van der Waals surface area contributed by atoms with Crippen molar-refractivity contribution in [3.63, 3.8) is 0 Å². The van der Waals surface area contributed by atoms with E-state index >= 15 is 0 Å². The molecule has 0 aliphatic rings. The van der Waals surface area contributed by atoms with Crippen molar-refractivity contribution in [2.45, 2.75) is 0 Å². The third-order valence-electron chi connectivity index (χ3n) is 5.55. The van der Waals surface area contributed by atoms with Gasteiger partial charge in [-0.15, -0.1) is 22.7 Å². The molecule has 0 unspecified atom stereocenters. The summed E-state index contributed by atoms with van der Waals surface area (Å²) in [5, 5.41) is 0. The average Bonchev–Trinajstić information content (AvgIpc) is 3.62. The molecule has 3 heterocycles. The number of halogens is 4. The maximum Gasteiger partial charge on any atom is 0.132 e. The second-order valence-electron chi connectivity index (χ2n) is 7.70. The molecule has 0 radical (unpaired) electrons. The van der Waals surface area contributed by atoms with E-state index in [1.165, 1.54) is 34.8 Å². The molecule has 0 saturated carbocycles. The van der Waals surface area contributed by atoms with Gasteiger partial charge in [-0.05, 0) is 60.7 Å². The average molecular weight is 525 g/mol. The van der Waals surface area contributed by atoms with Gasteiger partial charge in [0, 0.05) is 41.8 Å². The normalized spacial score (nSPS) is 11.4. The quantitative estimate of drug-likeness (QED) is 0.215. The first-order valence-electron chi connectivity index (χ1n) is 10.3. The van der Waals surface area contributed by atoms with Gasteiger partial charge in [0.1, 0.15) is 34.3 Å². The van der Waals surface area contributed by atoms with Crippen molar-refractivity contribution in [2.75, 3.05) is 0 Å². The van der Waals surface area contributed by atoms with Gasteiger partial charge >= 0.3 is 0 Å². The Morgan fingerprint density at radius 1 is 0.457 bits per heavy atom. The SMILES string of the molecule is Fc1ccc(F)c(-c2ccc(-c3ccc(-c4ccc(-c5cc(F)ccc5F)s4)c4nsnc34)s2)c1. The van der Waals surface area contributed by atoms with E-state index < -0.39 is 23.3 Å². The van der Waals surface area contributed by atoms with E-state index in [9.17, 15) is 17.6 Å². The molecule has 6 aromatic rings. The van der Waals surface area contributed by atoms with E-state index in [1.54, 1.807) is 12.1 Å². The van der Waals surface area contributed by atoms with Gasteiger partial charge in [0.25, 0.3) is 0 Å².